The van der Waals surface area contributed by atoms with E-state index in [-0.39, 0.29) is 5.50 Å². The van der Waals surface area contributed by atoms with Crippen LogP contribution in [-0.2, 0) is 0 Å². The van der Waals surface area contributed by atoms with E-state index in [9.17, 15) is 0 Å². The van der Waals surface area contributed by atoms with E-state index in [0.717, 1.165) is 51.8 Å². The fourth-order valence-electron chi connectivity index (χ4n) is 2.55. The first-order valence-corrected chi connectivity index (χ1v) is 8.89. The molecule has 0 saturated carbocycles. The van der Waals surface area contributed by atoms with Crippen LogP contribution in [0.4, 0.5) is 11.5 Å². The predicted octanol–water partition coefficient (Wildman–Crippen LogP) is 4.07. The molecular formula is C16H13BrN4OS. The van der Waals surface area contributed by atoms with E-state index in [1.807, 2.05) is 12.1 Å². The van der Waals surface area contributed by atoms with Crippen LogP contribution in [0.1, 0.15) is 12.8 Å². The van der Waals surface area contributed by atoms with Gasteiger partial charge in [-0.2, -0.15) is 0 Å². The number of aromatic nitrogens is 2. The molecule has 116 valence electrons. The molecule has 1 unspecified atom stereocenters. The highest BCUT2D eigenvalue weighted by molar-refractivity contribution is 9.10. The second kappa shape index (κ2) is 5.95. The third-order valence-corrected chi connectivity index (χ3v) is 5.83. The van der Waals surface area contributed by atoms with Gasteiger partial charge < -0.3 is 15.0 Å². The molecule has 1 aromatic heterocycles. The van der Waals surface area contributed by atoms with Gasteiger partial charge in [-0.05, 0) is 34.5 Å². The first kappa shape index (κ1) is 14.7. The van der Waals surface area contributed by atoms with Crippen molar-refractivity contribution in [1.82, 2.24) is 9.97 Å². The number of ether oxygens (including phenoxy) is 1. The van der Waals surface area contributed by atoms with Gasteiger partial charge >= 0.3 is 0 Å². The predicted molar refractivity (Wildman–Crippen MR) is 94.9 cm³/mol. The molecule has 23 heavy (non-hydrogen) atoms. The zero-order valence-electron chi connectivity index (χ0n) is 12.1. The first-order valence-electron chi connectivity index (χ1n) is 7.21. The van der Waals surface area contributed by atoms with Crippen molar-refractivity contribution in [1.29, 1.82) is 0 Å². The van der Waals surface area contributed by atoms with Gasteiger partial charge in [-0.3, -0.25) is 0 Å². The number of unbranched alkanes of at least 4 members (excludes halogenated alkanes) is 1. The summed E-state index contributed by atoms with van der Waals surface area (Å²) in [6.45, 7) is 0.840. The van der Waals surface area contributed by atoms with Crippen molar-refractivity contribution in [2.24, 2.45) is 0 Å². The molecule has 0 saturated heterocycles. The molecule has 2 aliphatic heterocycles. The van der Waals surface area contributed by atoms with Crippen molar-refractivity contribution in [2.45, 2.75) is 23.2 Å². The van der Waals surface area contributed by atoms with E-state index in [1.54, 1.807) is 24.3 Å². The summed E-state index contributed by atoms with van der Waals surface area (Å²) in [5, 5.41) is 3.47. The number of fused-ring (bicyclic) bond motifs is 2. The molecule has 0 bridgehead atoms. The Bertz CT molecular complexity index is 803. The molecule has 7 heteroatoms. The van der Waals surface area contributed by atoms with Crippen molar-refractivity contribution in [3.05, 3.63) is 29.1 Å². The van der Waals surface area contributed by atoms with Crippen LogP contribution in [0.5, 0.6) is 11.5 Å². The number of benzene rings is 1. The molecule has 4 rings (SSSR count). The maximum atomic E-state index is 5.52. The van der Waals surface area contributed by atoms with Crippen molar-refractivity contribution >= 4 is 39.2 Å². The monoisotopic (exact) mass is 388 g/mol. The van der Waals surface area contributed by atoms with Gasteiger partial charge in [0.2, 0.25) is 0 Å². The van der Waals surface area contributed by atoms with Gasteiger partial charge in [-0.25, -0.2) is 9.97 Å². The quantitative estimate of drug-likeness (QED) is 0.404. The highest BCUT2D eigenvalue weighted by Gasteiger charge is 2.35. The molecule has 1 N–H and O–H groups in total. The number of hydrogen-bond acceptors (Lipinski definition) is 6. The second-order valence-corrected chi connectivity index (χ2v) is 7.13. The van der Waals surface area contributed by atoms with Gasteiger partial charge in [0.25, 0.3) is 0 Å². The lowest BCUT2D eigenvalue weighted by Crippen LogP contribution is -2.34. The molecule has 0 spiro atoms. The Morgan fingerprint density at radius 1 is 1.48 bits per heavy atom. The Hall–Kier alpha value is -1.91. The standard InChI is InChI=1S/C16H13BrN4OS/c1-2-3-4-7-21-15-11(8-18-9-19-15)20-16(21)23-14-10(17)5-6-12-13(14)22-12/h1,5-6,8-9,16,20H,3-4,7H2. The number of halogens is 1. The number of rotatable bonds is 5. The smallest absolute Gasteiger partial charge is 0.184 e. The van der Waals surface area contributed by atoms with Crippen LogP contribution in [-0.4, -0.2) is 22.0 Å². The van der Waals surface area contributed by atoms with Gasteiger partial charge in [-0.1, -0.05) is 11.8 Å². The maximum absolute atomic E-state index is 5.52. The molecule has 0 aliphatic carbocycles. The first-order chi connectivity index (χ1) is 11.3. The zero-order chi connectivity index (χ0) is 15.8. The molecule has 1 atom stereocenters. The zero-order valence-corrected chi connectivity index (χ0v) is 14.5. The molecule has 2 aromatic rings. The molecule has 0 amide bonds. The average Bonchev–Trinajstić information content (AvgIpc) is 3.27. The van der Waals surface area contributed by atoms with Gasteiger partial charge in [0.05, 0.1) is 16.8 Å². The van der Waals surface area contributed by atoms with Crippen LogP contribution < -0.4 is 15.0 Å². The summed E-state index contributed by atoms with van der Waals surface area (Å²) >= 11 is 5.31. The van der Waals surface area contributed by atoms with Crippen molar-refractivity contribution in [3.8, 4) is 23.8 Å². The molecule has 3 heterocycles. The third-order valence-electron chi connectivity index (χ3n) is 3.67. The molecule has 5 nitrogen and oxygen atoms in total. The van der Waals surface area contributed by atoms with E-state index in [1.165, 1.54) is 0 Å². The van der Waals surface area contributed by atoms with Gasteiger partial charge in [0, 0.05) is 17.4 Å². The highest BCUT2D eigenvalue weighted by Crippen LogP contribution is 2.56. The summed E-state index contributed by atoms with van der Waals surface area (Å²) in [5.74, 6) is 5.52. The Labute approximate surface area is 147 Å². The summed E-state index contributed by atoms with van der Waals surface area (Å²) in [5.41, 5.74) is 0.978. The van der Waals surface area contributed by atoms with Crippen LogP contribution in [0, 0.1) is 12.3 Å². The van der Waals surface area contributed by atoms with E-state index in [2.05, 4.69) is 42.0 Å². The van der Waals surface area contributed by atoms with Crippen LogP contribution in [0.25, 0.3) is 0 Å². The fraction of sp³-hybridized carbons (Fsp3) is 0.250. The number of hydrogen-bond donors (Lipinski definition) is 1. The maximum Gasteiger partial charge on any atom is 0.184 e. The summed E-state index contributed by atoms with van der Waals surface area (Å²) in [6, 6.07) is 3.98. The van der Waals surface area contributed by atoms with Gasteiger partial charge in [0.15, 0.2) is 22.8 Å². The SMILES string of the molecule is C#CCCCN1c2ncncc2NC1Sc1c(Br)ccc2c1O2. The minimum atomic E-state index is 0.0338. The number of nitrogens with zero attached hydrogens (tertiary/aromatic N) is 3. The largest absolute Gasteiger partial charge is 0.448 e. The molecule has 0 radical (unpaired) electrons. The Morgan fingerprint density at radius 3 is 3.26 bits per heavy atom. The normalized spacial score (nSPS) is 16.9. The summed E-state index contributed by atoms with van der Waals surface area (Å²) in [4.78, 5) is 11.8. The topological polar surface area (TPSA) is 53.6 Å². The number of terminal acetylenes is 1. The highest BCUT2D eigenvalue weighted by atomic mass is 79.9. The van der Waals surface area contributed by atoms with Crippen LogP contribution in [0.2, 0.25) is 0 Å². The van der Waals surface area contributed by atoms with Crippen LogP contribution in [0.15, 0.2) is 34.0 Å². The average molecular weight is 389 g/mol. The molecule has 1 aromatic carbocycles. The number of thioether (sulfide) groups is 1. The lowest BCUT2D eigenvalue weighted by Gasteiger charge is -2.25. The van der Waals surface area contributed by atoms with Crippen LogP contribution in [0.3, 0.4) is 0 Å². The van der Waals surface area contributed by atoms with Crippen LogP contribution >= 0.6 is 27.7 Å². The second-order valence-electron chi connectivity index (χ2n) is 5.18. The van der Waals surface area contributed by atoms with E-state index in [0.29, 0.717) is 0 Å². The van der Waals surface area contributed by atoms with E-state index in [4.69, 9.17) is 11.2 Å². The Kier molecular flexibility index (Phi) is 3.79. The minimum Gasteiger partial charge on any atom is -0.448 e. The Morgan fingerprint density at radius 2 is 2.39 bits per heavy atom. The Balaban J connectivity index is 1.59. The summed E-state index contributed by atoms with van der Waals surface area (Å²) in [6.07, 6.45) is 10.4. The summed E-state index contributed by atoms with van der Waals surface area (Å²) < 4.78 is 6.55. The third kappa shape index (κ3) is 2.73. The fourth-order valence-corrected chi connectivity index (χ4v) is 4.31. The van der Waals surface area contributed by atoms with Gasteiger partial charge in [0.1, 0.15) is 6.33 Å². The number of anilines is 2. The summed E-state index contributed by atoms with van der Waals surface area (Å²) in [7, 11) is 0. The molecule has 2 aliphatic rings. The van der Waals surface area contributed by atoms with Crippen molar-refractivity contribution < 1.29 is 4.74 Å². The minimum absolute atomic E-state index is 0.0338. The molecular weight excluding hydrogens is 376 g/mol. The van der Waals surface area contributed by atoms with Crippen molar-refractivity contribution in [2.75, 3.05) is 16.8 Å². The lowest BCUT2D eigenvalue weighted by atomic mass is 10.3. The van der Waals surface area contributed by atoms with Crippen molar-refractivity contribution in [3.63, 3.8) is 0 Å². The number of nitrogens with one attached hydrogen (secondary N) is 1. The van der Waals surface area contributed by atoms with Gasteiger partial charge in [-0.15, -0.1) is 12.3 Å². The van der Waals surface area contributed by atoms with E-state index >= 15 is 0 Å². The lowest BCUT2D eigenvalue weighted by molar-refractivity contribution is 0.640. The van der Waals surface area contributed by atoms with E-state index < -0.39 is 0 Å². The molecule has 0 fully saturated rings.